The number of aliphatic hydroxyl groups is 1. The predicted octanol–water partition coefficient (Wildman–Crippen LogP) is 2.48. The van der Waals surface area contributed by atoms with E-state index >= 15 is 0 Å². The average Bonchev–Trinajstić information content (AvgIpc) is 2.28. The summed E-state index contributed by atoms with van der Waals surface area (Å²) >= 11 is 5.88. The molecule has 4 heteroatoms. The molecule has 1 aromatic rings. The zero-order valence-corrected chi connectivity index (χ0v) is 11.7. The number of hydrogen-bond donors (Lipinski definition) is 1. The molecule has 1 aliphatic heterocycles. The largest absolute Gasteiger partial charge is 0.389 e. The smallest absolute Gasteiger partial charge is 0.0952 e. The number of hydrogen-bond acceptors (Lipinski definition) is 3. The van der Waals surface area contributed by atoms with E-state index in [1.165, 1.54) is 0 Å². The highest BCUT2D eigenvalue weighted by Gasteiger charge is 2.25. The number of halogens is 1. The van der Waals surface area contributed by atoms with Gasteiger partial charge in [0.1, 0.15) is 0 Å². The van der Waals surface area contributed by atoms with Gasteiger partial charge in [0.2, 0.25) is 0 Å². The van der Waals surface area contributed by atoms with Crippen molar-refractivity contribution >= 4 is 11.6 Å². The molecule has 1 aliphatic rings. The lowest BCUT2D eigenvalue weighted by Gasteiger charge is -2.36. The van der Waals surface area contributed by atoms with Crippen molar-refractivity contribution in [1.29, 1.82) is 0 Å². The van der Waals surface area contributed by atoms with E-state index in [1.54, 1.807) is 0 Å². The van der Waals surface area contributed by atoms with Crippen LogP contribution in [0.25, 0.3) is 0 Å². The van der Waals surface area contributed by atoms with Crippen LogP contribution in [-0.2, 0) is 4.74 Å². The van der Waals surface area contributed by atoms with Crippen molar-refractivity contribution in [3.63, 3.8) is 0 Å². The Kier molecular flexibility index (Phi) is 4.28. The predicted molar refractivity (Wildman–Crippen MR) is 72.9 cm³/mol. The first-order chi connectivity index (χ1) is 8.44. The maximum Gasteiger partial charge on any atom is 0.0952 e. The molecule has 3 nitrogen and oxygen atoms in total. The third-order valence-corrected chi connectivity index (χ3v) is 3.25. The van der Waals surface area contributed by atoms with Crippen LogP contribution in [0.3, 0.4) is 0 Å². The second-order valence-corrected chi connectivity index (χ2v) is 5.89. The number of morpholine rings is 1. The standard InChI is InChI=1S/C14H20ClNO2/c1-14(2,17)10-16-7-8-18-13(9-16)11-3-5-12(15)6-4-11/h3-6,13,17H,7-10H2,1-2H3. The fraction of sp³-hybridized carbons (Fsp3) is 0.571. The minimum Gasteiger partial charge on any atom is -0.389 e. The Morgan fingerprint density at radius 3 is 2.67 bits per heavy atom. The molecule has 100 valence electrons. The van der Waals surface area contributed by atoms with Crippen LogP contribution in [0.4, 0.5) is 0 Å². The van der Waals surface area contributed by atoms with E-state index < -0.39 is 5.60 Å². The first-order valence-corrected chi connectivity index (χ1v) is 6.64. The van der Waals surface area contributed by atoms with Crippen molar-refractivity contribution in [3.05, 3.63) is 34.9 Å². The number of benzene rings is 1. The Morgan fingerprint density at radius 1 is 1.39 bits per heavy atom. The zero-order valence-electron chi connectivity index (χ0n) is 10.9. The van der Waals surface area contributed by atoms with Crippen molar-refractivity contribution in [3.8, 4) is 0 Å². The van der Waals surface area contributed by atoms with Crippen LogP contribution >= 0.6 is 11.6 Å². The molecular formula is C14H20ClNO2. The SMILES string of the molecule is CC(C)(O)CN1CCOC(c2ccc(Cl)cc2)C1. The van der Waals surface area contributed by atoms with Gasteiger partial charge in [-0.05, 0) is 31.5 Å². The topological polar surface area (TPSA) is 32.7 Å². The number of nitrogens with zero attached hydrogens (tertiary/aromatic N) is 1. The summed E-state index contributed by atoms with van der Waals surface area (Å²) < 4.78 is 5.78. The Hall–Kier alpha value is -0.610. The third-order valence-electron chi connectivity index (χ3n) is 3.00. The number of rotatable bonds is 3. The van der Waals surface area contributed by atoms with Gasteiger partial charge in [0.25, 0.3) is 0 Å². The molecule has 1 aromatic carbocycles. The highest BCUT2D eigenvalue weighted by Crippen LogP contribution is 2.24. The van der Waals surface area contributed by atoms with Gasteiger partial charge < -0.3 is 9.84 Å². The van der Waals surface area contributed by atoms with Gasteiger partial charge in [-0.1, -0.05) is 23.7 Å². The van der Waals surface area contributed by atoms with E-state index in [0.29, 0.717) is 13.2 Å². The summed E-state index contributed by atoms with van der Waals surface area (Å²) in [4.78, 5) is 2.24. The first-order valence-electron chi connectivity index (χ1n) is 6.26. The first kappa shape index (κ1) is 13.8. The van der Waals surface area contributed by atoms with Crippen LogP contribution < -0.4 is 0 Å². The molecule has 0 spiro atoms. The van der Waals surface area contributed by atoms with Gasteiger partial charge in [-0.2, -0.15) is 0 Å². The Labute approximate surface area is 113 Å². The Morgan fingerprint density at radius 2 is 2.06 bits per heavy atom. The van der Waals surface area contributed by atoms with Crippen LogP contribution in [0.5, 0.6) is 0 Å². The van der Waals surface area contributed by atoms with Crippen LogP contribution in [0.2, 0.25) is 5.02 Å². The summed E-state index contributed by atoms with van der Waals surface area (Å²) in [7, 11) is 0. The van der Waals surface area contributed by atoms with Crippen LogP contribution in [0.1, 0.15) is 25.5 Å². The molecule has 2 rings (SSSR count). The highest BCUT2D eigenvalue weighted by molar-refractivity contribution is 6.30. The Balaban J connectivity index is 2.00. The molecule has 0 saturated carbocycles. The summed E-state index contributed by atoms with van der Waals surface area (Å²) in [5.74, 6) is 0. The molecule has 0 bridgehead atoms. The number of ether oxygens (including phenoxy) is 1. The number of β-amino-alcohol motifs (C(OH)–C–C–N with tert-alkyl or cyclic N) is 1. The van der Waals surface area contributed by atoms with Crippen molar-refractivity contribution < 1.29 is 9.84 Å². The van der Waals surface area contributed by atoms with E-state index in [4.69, 9.17) is 16.3 Å². The summed E-state index contributed by atoms with van der Waals surface area (Å²) in [6.45, 7) is 6.71. The maximum absolute atomic E-state index is 9.86. The highest BCUT2D eigenvalue weighted by atomic mass is 35.5. The molecule has 18 heavy (non-hydrogen) atoms. The molecule has 1 saturated heterocycles. The van der Waals surface area contributed by atoms with Gasteiger partial charge in [0, 0.05) is 24.7 Å². The van der Waals surface area contributed by atoms with Crippen molar-refractivity contribution in [2.75, 3.05) is 26.2 Å². The van der Waals surface area contributed by atoms with Gasteiger partial charge in [-0.15, -0.1) is 0 Å². The molecule has 0 aliphatic carbocycles. The van der Waals surface area contributed by atoms with Gasteiger partial charge in [-0.25, -0.2) is 0 Å². The average molecular weight is 270 g/mol. The van der Waals surface area contributed by atoms with Crippen molar-refractivity contribution in [2.45, 2.75) is 25.6 Å². The maximum atomic E-state index is 9.86. The van der Waals surface area contributed by atoms with E-state index in [9.17, 15) is 5.11 Å². The molecule has 1 unspecified atom stereocenters. The van der Waals surface area contributed by atoms with Gasteiger partial charge in [0.15, 0.2) is 0 Å². The molecule has 1 N–H and O–H groups in total. The lowest BCUT2D eigenvalue weighted by molar-refractivity contribution is -0.0563. The van der Waals surface area contributed by atoms with Crippen LogP contribution in [0, 0.1) is 0 Å². The Bertz CT molecular complexity index is 386. The molecule has 0 aromatic heterocycles. The normalized spacial score (nSPS) is 22.1. The van der Waals surface area contributed by atoms with Crippen molar-refractivity contribution in [2.24, 2.45) is 0 Å². The van der Waals surface area contributed by atoms with Crippen molar-refractivity contribution in [1.82, 2.24) is 4.90 Å². The monoisotopic (exact) mass is 269 g/mol. The van der Waals surface area contributed by atoms with Crippen LogP contribution in [0.15, 0.2) is 24.3 Å². The summed E-state index contributed by atoms with van der Waals surface area (Å²) in [6, 6.07) is 7.77. The second kappa shape index (κ2) is 5.57. The summed E-state index contributed by atoms with van der Waals surface area (Å²) in [5.41, 5.74) is 0.474. The fourth-order valence-corrected chi connectivity index (χ4v) is 2.40. The lowest BCUT2D eigenvalue weighted by atomic mass is 10.1. The molecule has 0 amide bonds. The molecule has 1 fully saturated rings. The second-order valence-electron chi connectivity index (χ2n) is 5.46. The van der Waals surface area contributed by atoms with Crippen LogP contribution in [-0.4, -0.2) is 41.8 Å². The van der Waals surface area contributed by atoms with E-state index in [0.717, 1.165) is 23.7 Å². The van der Waals surface area contributed by atoms with Gasteiger partial charge in [0.05, 0.1) is 18.3 Å². The zero-order chi connectivity index (χ0) is 13.2. The lowest BCUT2D eigenvalue weighted by Crippen LogP contribution is -2.45. The van der Waals surface area contributed by atoms with E-state index in [1.807, 2.05) is 38.1 Å². The minimum absolute atomic E-state index is 0.0679. The van der Waals surface area contributed by atoms with E-state index in [-0.39, 0.29) is 6.10 Å². The minimum atomic E-state index is -0.665. The molecule has 1 atom stereocenters. The van der Waals surface area contributed by atoms with E-state index in [2.05, 4.69) is 4.90 Å². The summed E-state index contributed by atoms with van der Waals surface area (Å²) in [5, 5.41) is 10.6. The van der Waals surface area contributed by atoms with Gasteiger partial charge >= 0.3 is 0 Å². The summed E-state index contributed by atoms with van der Waals surface area (Å²) in [6.07, 6.45) is 0.0679. The molecule has 1 heterocycles. The molecular weight excluding hydrogens is 250 g/mol. The quantitative estimate of drug-likeness (QED) is 0.915. The fourth-order valence-electron chi connectivity index (χ4n) is 2.27. The van der Waals surface area contributed by atoms with Gasteiger partial charge in [-0.3, -0.25) is 4.90 Å². The molecule has 0 radical (unpaired) electrons. The third kappa shape index (κ3) is 3.95.